The van der Waals surface area contributed by atoms with E-state index in [1.807, 2.05) is 99.6 Å². The molecule has 0 saturated carbocycles. The number of carbonyl (C=O) groups excluding carboxylic acids is 4. The van der Waals surface area contributed by atoms with E-state index >= 15 is 0 Å². The number of halogens is 2. The normalized spacial score (nSPS) is 11.4. The SMILES string of the molecule is C/C=C(/C)C(=C(C)C)c1c(Cl)ccc(/C(CCCOc2cccc3cc(F)ccc23)=C(/C=O)CC)c1C.CC.CC.CC.CCC.CCCC.CO.[B]=CCCC(C(=O)NC)N1Cc2c(OCC(=O)N(CCC)CCC)cccc2C1=O. The van der Waals surface area contributed by atoms with Crippen LogP contribution in [0.2, 0.25) is 5.02 Å². The number of fused-ring (bicyclic) bond motifs is 2. The molecule has 10 nitrogen and oxygen atoms in total. The van der Waals surface area contributed by atoms with E-state index < -0.39 is 6.04 Å². The van der Waals surface area contributed by atoms with Crippen LogP contribution in [0.1, 0.15) is 215 Å². The Hall–Kier alpha value is -5.85. The van der Waals surface area contributed by atoms with Gasteiger partial charge in [0.05, 0.1) is 6.61 Å². The quantitative estimate of drug-likeness (QED) is 0.0249. The summed E-state index contributed by atoms with van der Waals surface area (Å²) in [6, 6.07) is 18.9. The molecule has 1 atom stereocenters. The van der Waals surface area contributed by atoms with E-state index in [0.29, 0.717) is 67.3 Å². The van der Waals surface area contributed by atoms with Gasteiger partial charge in [-0.2, -0.15) is 0 Å². The van der Waals surface area contributed by atoms with Crippen molar-refractivity contribution in [2.45, 2.75) is 201 Å². The predicted molar refractivity (Wildman–Crippen MR) is 352 cm³/mol. The third-order valence-electron chi connectivity index (χ3n) is 12.5. The van der Waals surface area contributed by atoms with Crippen LogP contribution in [-0.2, 0) is 20.9 Å². The van der Waals surface area contributed by atoms with Crippen molar-refractivity contribution in [2.75, 3.05) is 40.5 Å². The van der Waals surface area contributed by atoms with Crippen LogP contribution in [0.25, 0.3) is 21.9 Å². The van der Waals surface area contributed by atoms with E-state index in [1.165, 1.54) is 48.5 Å². The summed E-state index contributed by atoms with van der Waals surface area (Å²) >= 11 is 6.76. The van der Waals surface area contributed by atoms with Crippen LogP contribution in [0.4, 0.5) is 4.39 Å². The minimum absolute atomic E-state index is 0.0702. The fraction of sp³-hybridized carbons (Fsp3) is 0.522. The Morgan fingerprint density at radius 3 is 1.95 bits per heavy atom. The van der Waals surface area contributed by atoms with Crippen molar-refractivity contribution in [3.63, 3.8) is 0 Å². The second-order valence-corrected chi connectivity index (χ2v) is 18.9. The summed E-state index contributed by atoms with van der Waals surface area (Å²) < 4.78 is 25.6. The molecule has 0 saturated heterocycles. The fourth-order valence-corrected chi connectivity index (χ4v) is 8.91. The number of benzene rings is 4. The van der Waals surface area contributed by atoms with Crippen LogP contribution < -0.4 is 14.8 Å². The average molecular weight is 1160 g/mol. The Morgan fingerprint density at radius 2 is 1.44 bits per heavy atom. The zero-order chi connectivity index (χ0) is 63.3. The molecular formula is C69H107BClFN3O7. The van der Waals surface area contributed by atoms with Crippen LogP contribution in [0.5, 0.6) is 11.5 Å². The van der Waals surface area contributed by atoms with Gasteiger partial charge in [0, 0.05) is 36.2 Å². The van der Waals surface area contributed by atoms with Gasteiger partial charge < -0.3 is 9.84 Å². The number of rotatable bonds is 23. The molecule has 13 heteroatoms. The minimum atomic E-state index is -0.617. The summed E-state index contributed by atoms with van der Waals surface area (Å²) in [6.45, 7) is 39.2. The van der Waals surface area contributed by atoms with Gasteiger partial charge in [-0.25, -0.2) is 4.39 Å². The Balaban J connectivity index is -0.00000125. The molecule has 2 N–H and O–H groups in total. The van der Waals surface area contributed by atoms with Crippen molar-refractivity contribution >= 4 is 71.0 Å². The molecule has 1 heterocycles. The molecule has 5 rings (SSSR count). The topological polar surface area (TPSA) is 125 Å². The summed E-state index contributed by atoms with van der Waals surface area (Å²) in [5.41, 5.74) is 9.68. The van der Waals surface area contributed by atoms with E-state index in [-0.39, 0.29) is 36.7 Å². The number of aldehydes is 1. The number of allylic oxidation sites excluding steroid dienone is 6. The van der Waals surface area contributed by atoms with E-state index in [4.69, 9.17) is 33.7 Å². The first kappa shape index (κ1) is 80.4. The molecule has 1 radical (unpaired) electrons. The molecule has 82 heavy (non-hydrogen) atoms. The number of hydrogen-bond donors (Lipinski definition) is 2. The molecule has 0 spiro atoms. The van der Waals surface area contributed by atoms with Crippen molar-refractivity contribution in [3.05, 3.63) is 128 Å². The molecule has 4 aromatic carbocycles. The van der Waals surface area contributed by atoms with Crippen molar-refractivity contribution < 1.29 is 38.1 Å². The second-order valence-electron chi connectivity index (χ2n) is 18.5. The molecule has 0 aromatic heterocycles. The first-order chi connectivity index (χ1) is 39.5. The molecule has 1 unspecified atom stereocenters. The number of unbranched alkanes of at least 4 members (excludes halogenated alkanes) is 1. The number of nitrogens with one attached hydrogen (secondary N) is 1. The number of aliphatic hydroxyl groups excluding tert-OH is 1. The fourth-order valence-electron chi connectivity index (χ4n) is 8.61. The molecule has 457 valence electrons. The maximum absolute atomic E-state index is 13.6. The molecule has 4 aromatic rings. The predicted octanol–water partition coefficient (Wildman–Crippen LogP) is 17.4. The monoisotopic (exact) mass is 1150 g/mol. The molecular weight excluding hydrogens is 1050 g/mol. The summed E-state index contributed by atoms with van der Waals surface area (Å²) in [6.07, 6.45) is 11.8. The standard InChI is InChI=1S/C33H36ClFO2.C22H31BN3O4.C4H10.C3H8.3C2H6.CH4O/c1-7-22(5)32(21(3)4)33-23(6)27(16-17-30(33)34)28(24(8-2)20-36)12-10-18-37-31-13-9-11-25-19-26(35)14-15-29(25)31;1-4-12-25(13-5-2)20(27)15-30-19-10-6-8-16-17(19)14-26(22(16)29)18(9-7-11-23)21(28)24-3;1-3-4-2;1-3-2;4*1-2/h7,9,11,13-17,19-20H,8,10,12,18H2,1-6H3;6,8,10-11,18H,4-5,7,9,12-15H2,1-3H3,(H,24,28);3-4H2,1-2H3;3H2,1-2H3;3*1-2H3;2H,1H3/b22-7-,28-24+;;;;;;;. The van der Waals surface area contributed by atoms with E-state index in [0.717, 1.165) is 82.6 Å². The number of amides is 3. The van der Waals surface area contributed by atoms with Crippen LogP contribution in [0.3, 0.4) is 0 Å². The van der Waals surface area contributed by atoms with Crippen LogP contribution in [-0.4, -0.2) is 98.9 Å². The summed E-state index contributed by atoms with van der Waals surface area (Å²) in [4.78, 5) is 53.3. The van der Waals surface area contributed by atoms with E-state index in [2.05, 4.69) is 66.8 Å². The molecule has 0 aliphatic carbocycles. The summed E-state index contributed by atoms with van der Waals surface area (Å²) in [5, 5.41) is 12.0. The number of hydrogen-bond acceptors (Lipinski definition) is 7. The Labute approximate surface area is 503 Å². The van der Waals surface area contributed by atoms with Gasteiger partial charge in [-0.1, -0.05) is 151 Å². The number of nitrogens with zero attached hydrogens (tertiary/aromatic N) is 2. The summed E-state index contributed by atoms with van der Waals surface area (Å²) in [7, 11) is 8.03. The van der Waals surface area contributed by atoms with Gasteiger partial charge >= 0.3 is 140 Å². The van der Waals surface area contributed by atoms with Gasteiger partial charge in [0.25, 0.3) is 0 Å². The molecule has 0 bridgehead atoms. The third-order valence-corrected chi connectivity index (χ3v) is 12.8. The van der Waals surface area contributed by atoms with Gasteiger partial charge in [0.15, 0.2) is 0 Å². The number of ether oxygens (including phenoxy) is 2. The van der Waals surface area contributed by atoms with Crippen molar-refractivity contribution in [1.29, 1.82) is 0 Å². The van der Waals surface area contributed by atoms with Gasteiger partial charge in [-0.3, -0.25) is 4.79 Å². The van der Waals surface area contributed by atoms with Gasteiger partial charge in [-0.05, 0) is 136 Å². The molecule has 1 aliphatic rings. The molecule has 3 amide bonds. The van der Waals surface area contributed by atoms with E-state index in [1.54, 1.807) is 41.1 Å². The Morgan fingerprint density at radius 1 is 0.854 bits per heavy atom. The Bertz CT molecular complexity index is 2560. The average Bonchev–Trinajstić information content (AvgIpc) is 4.00. The first-order valence-electron chi connectivity index (χ1n) is 30.2. The van der Waals surface area contributed by atoms with Crippen molar-refractivity contribution in [2.24, 2.45) is 0 Å². The van der Waals surface area contributed by atoms with E-state index in [9.17, 15) is 23.6 Å². The number of likely N-dealkylation sites (N-methyl/N-ethyl adjacent to an activating group) is 1. The maximum atomic E-state index is 13.6. The van der Waals surface area contributed by atoms with Gasteiger partial charge in [0.2, 0.25) is 0 Å². The molecule has 1 aliphatic heterocycles. The molecule has 0 fully saturated rings. The second kappa shape index (κ2) is 48.7. The van der Waals surface area contributed by atoms with Crippen molar-refractivity contribution in [3.8, 4) is 11.5 Å². The number of carbonyl (C=O) groups is 4. The summed E-state index contributed by atoms with van der Waals surface area (Å²) in [5.74, 6) is 1.94. The van der Waals surface area contributed by atoms with Gasteiger partial charge in [0.1, 0.15) is 17.9 Å². The van der Waals surface area contributed by atoms with Gasteiger partial charge in [-0.15, -0.1) is 0 Å². The zero-order valence-corrected chi connectivity index (χ0v) is 55.1. The van der Waals surface area contributed by atoms with Crippen LogP contribution in [0.15, 0.2) is 89.5 Å². The van der Waals surface area contributed by atoms with Crippen molar-refractivity contribution in [1.82, 2.24) is 15.1 Å². The Kier molecular flexibility index (Phi) is 47.7. The first-order valence-corrected chi connectivity index (χ1v) is 30.5. The third kappa shape index (κ3) is 26.2. The number of aliphatic hydroxyl groups is 1. The zero-order valence-electron chi connectivity index (χ0n) is 54.4. The van der Waals surface area contributed by atoms with Crippen LogP contribution >= 0.6 is 11.6 Å². The van der Waals surface area contributed by atoms with Crippen LogP contribution in [0, 0.1) is 12.7 Å².